The Balaban J connectivity index is 1.43. The molecule has 0 bridgehead atoms. The first kappa shape index (κ1) is 16.5. The fraction of sp³-hybridized carbons (Fsp3) is 0.700. The van der Waals surface area contributed by atoms with Gasteiger partial charge < -0.3 is 9.64 Å². The van der Waals surface area contributed by atoms with Gasteiger partial charge in [0.2, 0.25) is 0 Å². The number of methoxy groups -OCH3 is 1. The molecule has 2 aliphatic heterocycles. The van der Waals surface area contributed by atoms with Gasteiger partial charge in [-0.1, -0.05) is 18.2 Å². The molecule has 3 aliphatic rings. The van der Waals surface area contributed by atoms with Gasteiger partial charge in [0, 0.05) is 56.7 Å². The minimum atomic E-state index is -0.0753. The van der Waals surface area contributed by atoms with Crippen LogP contribution in [0, 0.1) is 23.1 Å². The predicted octanol–water partition coefficient (Wildman–Crippen LogP) is 3.01. The average molecular weight is 332 g/mol. The van der Waals surface area contributed by atoms with E-state index < -0.39 is 0 Å². The number of rotatable bonds is 6. The summed E-state index contributed by atoms with van der Waals surface area (Å²) in [4.78, 5) is 5.12. The fourth-order valence-corrected chi connectivity index (χ4v) is 4.83. The Hall–Kier alpha value is -0.970. The summed E-state index contributed by atoms with van der Waals surface area (Å²) in [5.74, 6) is 1.49. The molecule has 3 nitrogen and oxygen atoms in total. The number of halogens is 1. The average Bonchev–Trinajstić information content (AvgIpc) is 3.19. The molecule has 1 saturated carbocycles. The van der Waals surface area contributed by atoms with Crippen molar-refractivity contribution in [2.45, 2.75) is 25.8 Å². The monoisotopic (exact) mass is 332 g/mol. The van der Waals surface area contributed by atoms with Crippen LogP contribution in [0.5, 0.6) is 0 Å². The van der Waals surface area contributed by atoms with E-state index in [2.05, 4.69) is 9.80 Å². The van der Waals surface area contributed by atoms with E-state index in [1.165, 1.54) is 38.9 Å². The van der Waals surface area contributed by atoms with E-state index in [-0.39, 0.29) is 5.82 Å². The molecule has 2 atom stereocenters. The lowest BCUT2D eigenvalue weighted by Gasteiger charge is -2.30. The van der Waals surface area contributed by atoms with Gasteiger partial charge in [-0.3, -0.25) is 4.90 Å². The highest BCUT2D eigenvalue weighted by molar-refractivity contribution is 5.17. The predicted molar refractivity (Wildman–Crippen MR) is 93.3 cm³/mol. The summed E-state index contributed by atoms with van der Waals surface area (Å²) >= 11 is 0. The van der Waals surface area contributed by atoms with Gasteiger partial charge in [-0.05, 0) is 37.8 Å². The zero-order chi connectivity index (χ0) is 16.6. The Morgan fingerprint density at radius 3 is 2.75 bits per heavy atom. The fourth-order valence-electron chi connectivity index (χ4n) is 4.83. The van der Waals surface area contributed by atoms with Crippen LogP contribution in [0.3, 0.4) is 0 Å². The summed E-state index contributed by atoms with van der Waals surface area (Å²) in [5.41, 5.74) is 1.17. The first-order chi connectivity index (χ1) is 11.7. The van der Waals surface area contributed by atoms with Crippen LogP contribution >= 0.6 is 0 Å². The number of hydrogen-bond donors (Lipinski definition) is 0. The van der Waals surface area contributed by atoms with Crippen molar-refractivity contribution >= 4 is 0 Å². The molecule has 4 rings (SSSR count). The second-order valence-corrected chi connectivity index (χ2v) is 8.20. The highest BCUT2D eigenvalue weighted by Crippen LogP contribution is 2.45. The molecule has 0 amide bonds. The minimum Gasteiger partial charge on any atom is -0.384 e. The van der Waals surface area contributed by atoms with Crippen molar-refractivity contribution in [1.82, 2.24) is 9.80 Å². The van der Waals surface area contributed by atoms with Gasteiger partial charge in [0.1, 0.15) is 5.82 Å². The van der Waals surface area contributed by atoms with Crippen LogP contribution in [0.15, 0.2) is 24.3 Å². The van der Waals surface area contributed by atoms with Crippen LogP contribution in [-0.4, -0.2) is 56.2 Å². The van der Waals surface area contributed by atoms with Crippen molar-refractivity contribution < 1.29 is 9.13 Å². The molecule has 0 radical (unpaired) electrons. The van der Waals surface area contributed by atoms with Crippen LogP contribution in [-0.2, 0) is 11.3 Å². The van der Waals surface area contributed by atoms with Crippen LogP contribution < -0.4 is 0 Å². The SMILES string of the molecule is COC[C@@H]1CN(CC2CC2)C[C@]12CCN(Cc1ccccc1F)C2. The van der Waals surface area contributed by atoms with E-state index in [4.69, 9.17) is 4.74 Å². The molecule has 24 heavy (non-hydrogen) atoms. The van der Waals surface area contributed by atoms with E-state index in [0.717, 1.165) is 37.7 Å². The van der Waals surface area contributed by atoms with Crippen LogP contribution in [0.25, 0.3) is 0 Å². The van der Waals surface area contributed by atoms with Crippen LogP contribution in [0.2, 0.25) is 0 Å². The molecule has 2 saturated heterocycles. The van der Waals surface area contributed by atoms with E-state index in [9.17, 15) is 4.39 Å². The van der Waals surface area contributed by atoms with E-state index in [0.29, 0.717) is 11.3 Å². The maximum absolute atomic E-state index is 14.0. The lowest BCUT2D eigenvalue weighted by Crippen LogP contribution is -2.36. The molecule has 3 fully saturated rings. The minimum absolute atomic E-state index is 0.0753. The molecule has 1 aromatic rings. The summed E-state index contributed by atoms with van der Waals surface area (Å²) in [6.07, 6.45) is 4.05. The van der Waals surface area contributed by atoms with Crippen molar-refractivity contribution in [3.05, 3.63) is 35.6 Å². The van der Waals surface area contributed by atoms with Gasteiger partial charge in [-0.15, -0.1) is 0 Å². The third-order valence-electron chi connectivity index (χ3n) is 6.28. The molecular weight excluding hydrogens is 303 g/mol. The Morgan fingerprint density at radius 2 is 2.00 bits per heavy atom. The second-order valence-electron chi connectivity index (χ2n) is 8.20. The van der Waals surface area contributed by atoms with Crippen LogP contribution in [0.1, 0.15) is 24.8 Å². The van der Waals surface area contributed by atoms with E-state index >= 15 is 0 Å². The zero-order valence-electron chi connectivity index (χ0n) is 14.7. The second kappa shape index (κ2) is 6.74. The smallest absolute Gasteiger partial charge is 0.127 e. The molecule has 1 aliphatic carbocycles. The maximum Gasteiger partial charge on any atom is 0.127 e. The molecule has 0 N–H and O–H groups in total. The van der Waals surface area contributed by atoms with Gasteiger partial charge in [0.05, 0.1) is 6.61 Å². The summed E-state index contributed by atoms with van der Waals surface area (Å²) in [7, 11) is 1.82. The molecule has 0 aromatic heterocycles. The molecule has 1 spiro atoms. The van der Waals surface area contributed by atoms with Crippen molar-refractivity contribution in [1.29, 1.82) is 0 Å². The van der Waals surface area contributed by atoms with Gasteiger partial charge in [-0.25, -0.2) is 4.39 Å². The summed E-state index contributed by atoms with van der Waals surface area (Å²) in [6.45, 7) is 7.40. The first-order valence-corrected chi connectivity index (χ1v) is 9.35. The quantitative estimate of drug-likeness (QED) is 0.796. The highest BCUT2D eigenvalue weighted by atomic mass is 19.1. The summed E-state index contributed by atoms with van der Waals surface area (Å²) < 4.78 is 19.5. The largest absolute Gasteiger partial charge is 0.384 e. The standard InChI is InChI=1S/C20H29FN2O/c1-24-13-18-12-23(10-16-6-7-16)15-20(18)8-9-22(14-20)11-17-4-2-3-5-19(17)21/h2-5,16,18H,6-15H2,1H3/t18-,20+/m0/s1. The number of likely N-dealkylation sites (tertiary alicyclic amines) is 2. The molecule has 132 valence electrons. The van der Waals surface area contributed by atoms with Crippen LogP contribution in [0.4, 0.5) is 4.39 Å². The van der Waals surface area contributed by atoms with Gasteiger partial charge in [0.15, 0.2) is 0 Å². The Bertz CT molecular complexity index is 577. The highest BCUT2D eigenvalue weighted by Gasteiger charge is 2.50. The zero-order valence-corrected chi connectivity index (χ0v) is 14.7. The Morgan fingerprint density at radius 1 is 1.21 bits per heavy atom. The topological polar surface area (TPSA) is 15.7 Å². The van der Waals surface area contributed by atoms with Crippen molar-refractivity contribution in [3.63, 3.8) is 0 Å². The van der Waals surface area contributed by atoms with E-state index in [1.807, 2.05) is 19.2 Å². The lowest BCUT2D eigenvalue weighted by atomic mass is 9.77. The maximum atomic E-state index is 14.0. The summed E-state index contributed by atoms with van der Waals surface area (Å²) in [5, 5.41) is 0. The van der Waals surface area contributed by atoms with Crippen molar-refractivity contribution in [2.75, 3.05) is 46.4 Å². The van der Waals surface area contributed by atoms with Gasteiger partial charge >= 0.3 is 0 Å². The van der Waals surface area contributed by atoms with Gasteiger partial charge in [-0.2, -0.15) is 0 Å². The Labute approximate surface area is 144 Å². The normalized spacial score (nSPS) is 31.3. The third-order valence-corrected chi connectivity index (χ3v) is 6.28. The van der Waals surface area contributed by atoms with E-state index in [1.54, 1.807) is 12.1 Å². The molecule has 2 heterocycles. The summed E-state index contributed by atoms with van der Waals surface area (Å²) in [6, 6.07) is 7.19. The Kier molecular flexibility index (Phi) is 4.63. The molecular formula is C20H29FN2O. The number of ether oxygens (including phenoxy) is 1. The third kappa shape index (κ3) is 3.37. The molecule has 0 unspecified atom stereocenters. The number of benzene rings is 1. The molecule has 1 aromatic carbocycles. The molecule has 4 heteroatoms. The van der Waals surface area contributed by atoms with Crippen molar-refractivity contribution in [2.24, 2.45) is 17.3 Å². The lowest BCUT2D eigenvalue weighted by molar-refractivity contribution is 0.0958. The number of nitrogens with zero attached hydrogens (tertiary/aromatic N) is 2. The number of hydrogen-bond acceptors (Lipinski definition) is 3. The van der Waals surface area contributed by atoms with Gasteiger partial charge in [0.25, 0.3) is 0 Å². The van der Waals surface area contributed by atoms with Crippen molar-refractivity contribution in [3.8, 4) is 0 Å². The first-order valence-electron chi connectivity index (χ1n) is 9.35.